The number of hydrogen-bond acceptors (Lipinski definition) is 3. The number of nitrogens with zero attached hydrogens (tertiary/aromatic N) is 2. The quantitative estimate of drug-likeness (QED) is 0.551. The first-order valence-corrected chi connectivity index (χ1v) is 11.4. The summed E-state index contributed by atoms with van der Waals surface area (Å²) in [6, 6.07) is 8.93. The molecule has 0 saturated carbocycles. The Kier molecular flexibility index (Phi) is 8.14. The van der Waals surface area contributed by atoms with Crippen LogP contribution < -0.4 is 15.5 Å². The molecule has 1 aromatic carbocycles. The highest BCUT2D eigenvalue weighted by molar-refractivity contribution is 7.86. The summed E-state index contributed by atoms with van der Waals surface area (Å²) in [5.41, 5.74) is 2.56. The van der Waals surface area contributed by atoms with Gasteiger partial charge in [-0.25, -0.2) is 0 Å². The first-order chi connectivity index (χ1) is 12.8. The molecular weight excluding hydrogens is 356 g/mol. The molecule has 0 spiro atoms. The second-order valence-corrected chi connectivity index (χ2v) is 10.4. The molecule has 152 valence electrons. The SMILES string of the molecule is CCNC(=NCCS(=O)C(C)(C)C)NC(C)c1cccc(N2CCCC2)c1. The van der Waals surface area contributed by atoms with Crippen molar-refractivity contribution in [2.75, 3.05) is 36.8 Å². The molecule has 5 nitrogen and oxygen atoms in total. The Labute approximate surface area is 167 Å². The van der Waals surface area contributed by atoms with Crippen LogP contribution in [0.2, 0.25) is 0 Å². The van der Waals surface area contributed by atoms with Crippen molar-refractivity contribution >= 4 is 22.4 Å². The fraction of sp³-hybridized carbons (Fsp3) is 0.667. The molecule has 2 unspecified atom stereocenters. The minimum Gasteiger partial charge on any atom is -0.372 e. The minimum absolute atomic E-state index is 0.151. The average Bonchev–Trinajstić information content (AvgIpc) is 3.15. The van der Waals surface area contributed by atoms with E-state index in [0.717, 1.165) is 25.6 Å². The molecule has 6 heteroatoms. The van der Waals surface area contributed by atoms with E-state index in [-0.39, 0.29) is 10.8 Å². The predicted octanol–water partition coefficient (Wildman–Crippen LogP) is 3.45. The normalized spacial score (nSPS) is 17.7. The summed E-state index contributed by atoms with van der Waals surface area (Å²) in [5, 5.41) is 6.78. The molecular formula is C21H36N4OS. The Hall–Kier alpha value is -1.56. The number of rotatable bonds is 7. The Balaban J connectivity index is 1.99. The van der Waals surface area contributed by atoms with Gasteiger partial charge in [0, 0.05) is 46.6 Å². The Morgan fingerprint density at radius 1 is 1.30 bits per heavy atom. The molecule has 1 aromatic rings. The summed E-state index contributed by atoms with van der Waals surface area (Å²) < 4.78 is 12.0. The molecule has 2 atom stereocenters. The lowest BCUT2D eigenvalue weighted by Crippen LogP contribution is -2.39. The van der Waals surface area contributed by atoms with Crippen LogP contribution in [-0.2, 0) is 10.8 Å². The maximum Gasteiger partial charge on any atom is 0.191 e. The standard InChI is InChI=1S/C21H36N4OS/c1-6-22-20(23-12-15-27(26)21(3,4)5)24-17(2)18-10-9-11-19(16-18)25-13-7-8-14-25/h9-11,16-17H,6-8,12-15H2,1-5H3,(H2,22,23,24). The van der Waals surface area contributed by atoms with Crippen molar-refractivity contribution in [1.82, 2.24) is 10.6 Å². The van der Waals surface area contributed by atoms with Crippen LogP contribution in [0, 0.1) is 0 Å². The van der Waals surface area contributed by atoms with Crippen molar-refractivity contribution in [2.24, 2.45) is 4.99 Å². The van der Waals surface area contributed by atoms with Gasteiger partial charge < -0.3 is 15.5 Å². The van der Waals surface area contributed by atoms with Crippen LogP contribution in [0.15, 0.2) is 29.3 Å². The smallest absolute Gasteiger partial charge is 0.191 e. The van der Waals surface area contributed by atoms with E-state index in [2.05, 4.69) is 58.6 Å². The molecule has 1 saturated heterocycles. The van der Waals surface area contributed by atoms with E-state index in [9.17, 15) is 4.21 Å². The lowest BCUT2D eigenvalue weighted by molar-refractivity contribution is 0.648. The summed E-state index contributed by atoms with van der Waals surface area (Å²) in [6.45, 7) is 13.9. The van der Waals surface area contributed by atoms with Gasteiger partial charge in [0.2, 0.25) is 0 Å². The van der Waals surface area contributed by atoms with Gasteiger partial charge in [-0.1, -0.05) is 12.1 Å². The molecule has 2 N–H and O–H groups in total. The van der Waals surface area contributed by atoms with Crippen molar-refractivity contribution in [2.45, 2.75) is 58.2 Å². The van der Waals surface area contributed by atoms with Crippen LogP contribution in [0.4, 0.5) is 5.69 Å². The first kappa shape index (κ1) is 21.7. The van der Waals surface area contributed by atoms with Crippen LogP contribution in [0.1, 0.15) is 59.1 Å². The van der Waals surface area contributed by atoms with Crippen LogP contribution >= 0.6 is 0 Å². The fourth-order valence-electron chi connectivity index (χ4n) is 3.12. The first-order valence-electron chi connectivity index (χ1n) is 10.1. The minimum atomic E-state index is -0.879. The summed E-state index contributed by atoms with van der Waals surface area (Å²) in [6.07, 6.45) is 2.57. The molecule has 0 aliphatic carbocycles. The van der Waals surface area contributed by atoms with Gasteiger partial charge in [0.15, 0.2) is 5.96 Å². The molecule has 1 heterocycles. The van der Waals surface area contributed by atoms with Crippen LogP contribution in [-0.4, -0.2) is 46.8 Å². The lowest BCUT2D eigenvalue weighted by Gasteiger charge is -2.22. The summed E-state index contributed by atoms with van der Waals surface area (Å²) in [4.78, 5) is 7.08. The largest absolute Gasteiger partial charge is 0.372 e. The van der Waals surface area contributed by atoms with Gasteiger partial charge in [-0.2, -0.15) is 0 Å². The molecule has 0 aromatic heterocycles. The molecule has 0 amide bonds. The number of anilines is 1. The van der Waals surface area contributed by atoms with Crippen molar-refractivity contribution in [3.05, 3.63) is 29.8 Å². The van der Waals surface area contributed by atoms with Gasteiger partial charge in [-0.05, 0) is 65.2 Å². The van der Waals surface area contributed by atoms with E-state index in [1.54, 1.807) is 0 Å². The van der Waals surface area contributed by atoms with E-state index in [1.807, 2.05) is 20.8 Å². The zero-order valence-corrected chi connectivity index (χ0v) is 18.4. The number of hydrogen-bond donors (Lipinski definition) is 2. The van der Waals surface area contributed by atoms with E-state index >= 15 is 0 Å². The van der Waals surface area contributed by atoms with Crippen LogP contribution in [0.5, 0.6) is 0 Å². The van der Waals surface area contributed by atoms with Crippen LogP contribution in [0.25, 0.3) is 0 Å². The zero-order valence-electron chi connectivity index (χ0n) is 17.5. The number of nitrogens with one attached hydrogen (secondary N) is 2. The van der Waals surface area contributed by atoms with Gasteiger partial charge >= 0.3 is 0 Å². The molecule has 0 bridgehead atoms. The maximum absolute atomic E-state index is 12.2. The number of guanidine groups is 1. The van der Waals surface area contributed by atoms with Crippen molar-refractivity contribution in [3.8, 4) is 0 Å². The number of benzene rings is 1. The lowest BCUT2D eigenvalue weighted by atomic mass is 10.1. The highest BCUT2D eigenvalue weighted by Crippen LogP contribution is 2.23. The molecule has 0 radical (unpaired) electrons. The van der Waals surface area contributed by atoms with E-state index < -0.39 is 10.8 Å². The Bertz CT molecular complexity index is 648. The third-order valence-electron chi connectivity index (χ3n) is 4.77. The summed E-state index contributed by atoms with van der Waals surface area (Å²) in [5.74, 6) is 1.36. The van der Waals surface area contributed by atoms with Gasteiger partial charge in [-0.3, -0.25) is 9.20 Å². The third kappa shape index (κ3) is 6.83. The maximum atomic E-state index is 12.2. The van der Waals surface area contributed by atoms with Crippen LogP contribution in [0.3, 0.4) is 0 Å². The molecule has 27 heavy (non-hydrogen) atoms. The zero-order chi connectivity index (χ0) is 19.9. The topological polar surface area (TPSA) is 56.7 Å². The van der Waals surface area contributed by atoms with Gasteiger partial charge in [0.25, 0.3) is 0 Å². The van der Waals surface area contributed by atoms with Gasteiger partial charge in [0.1, 0.15) is 0 Å². The van der Waals surface area contributed by atoms with Gasteiger partial charge in [-0.15, -0.1) is 0 Å². The van der Waals surface area contributed by atoms with Crippen molar-refractivity contribution in [1.29, 1.82) is 0 Å². The predicted molar refractivity (Wildman–Crippen MR) is 118 cm³/mol. The Morgan fingerprint density at radius 2 is 2.00 bits per heavy atom. The van der Waals surface area contributed by atoms with Crippen molar-refractivity contribution < 1.29 is 4.21 Å². The highest BCUT2D eigenvalue weighted by atomic mass is 32.2. The average molecular weight is 393 g/mol. The summed E-state index contributed by atoms with van der Waals surface area (Å²) in [7, 11) is -0.879. The third-order valence-corrected chi connectivity index (χ3v) is 6.69. The van der Waals surface area contributed by atoms with Crippen molar-refractivity contribution in [3.63, 3.8) is 0 Å². The van der Waals surface area contributed by atoms with E-state index in [0.29, 0.717) is 12.3 Å². The van der Waals surface area contributed by atoms with E-state index in [4.69, 9.17) is 0 Å². The van der Waals surface area contributed by atoms with E-state index in [1.165, 1.54) is 24.1 Å². The molecule has 1 fully saturated rings. The molecule has 2 rings (SSSR count). The second-order valence-electron chi connectivity index (χ2n) is 8.08. The highest BCUT2D eigenvalue weighted by Gasteiger charge is 2.19. The molecule has 1 aliphatic rings. The fourth-order valence-corrected chi connectivity index (χ4v) is 3.99. The second kappa shape index (κ2) is 10.1. The molecule has 1 aliphatic heterocycles. The Morgan fingerprint density at radius 3 is 2.63 bits per heavy atom. The summed E-state index contributed by atoms with van der Waals surface area (Å²) >= 11 is 0. The number of aliphatic imine (C=N–C) groups is 1. The monoisotopic (exact) mass is 392 g/mol. The van der Waals surface area contributed by atoms with Gasteiger partial charge in [0.05, 0.1) is 12.6 Å².